The standard InChI is InChI=1S/C30H28N2O4S/c1-4-26(29(34)32-25-16-5-9-18(2)19(25)3)37-22-13-8-12-21(17-22)31-28(33)23-14-6-10-20-11-7-15-24(27(20)23)30(35)36/h5-17,26H,4H2,1-3H3,(H,31,33)(H,32,34)(H,35,36). The molecule has 0 aromatic heterocycles. The van der Waals surface area contributed by atoms with Crippen molar-refractivity contribution < 1.29 is 19.5 Å². The van der Waals surface area contributed by atoms with Crippen LogP contribution in [0.2, 0.25) is 0 Å². The quantitative estimate of drug-likeness (QED) is 0.223. The van der Waals surface area contributed by atoms with Crippen molar-refractivity contribution in [3.8, 4) is 0 Å². The maximum atomic E-state index is 13.2. The molecule has 3 N–H and O–H groups in total. The summed E-state index contributed by atoms with van der Waals surface area (Å²) in [5, 5.41) is 16.3. The average molecular weight is 513 g/mol. The SMILES string of the molecule is CCC(Sc1cccc(NC(=O)c2cccc3cccc(C(=O)O)c23)c1)C(=O)Nc1cccc(C)c1C. The third-order valence-electron chi connectivity index (χ3n) is 6.28. The molecule has 4 rings (SSSR count). The number of aryl methyl sites for hydroxylation is 1. The van der Waals surface area contributed by atoms with Gasteiger partial charge in [-0.1, -0.05) is 49.4 Å². The molecule has 0 aliphatic heterocycles. The van der Waals surface area contributed by atoms with Crippen LogP contribution >= 0.6 is 11.8 Å². The van der Waals surface area contributed by atoms with E-state index in [-0.39, 0.29) is 22.3 Å². The highest BCUT2D eigenvalue weighted by Crippen LogP contribution is 2.30. The van der Waals surface area contributed by atoms with E-state index in [4.69, 9.17) is 0 Å². The normalized spacial score (nSPS) is 11.6. The summed E-state index contributed by atoms with van der Waals surface area (Å²) in [7, 11) is 0. The van der Waals surface area contributed by atoms with Crippen LogP contribution in [0.3, 0.4) is 0 Å². The van der Waals surface area contributed by atoms with Crippen molar-refractivity contribution in [2.24, 2.45) is 0 Å². The highest BCUT2D eigenvalue weighted by molar-refractivity contribution is 8.00. The number of thioether (sulfide) groups is 1. The largest absolute Gasteiger partial charge is 0.478 e. The number of nitrogens with one attached hydrogen (secondary N) is 2. The predicted molar refractivity (Wildman–Crippen MR) is 150 cm³/mol. The lowest BCUT2D eigenvalue weighted by molar-refractivity contribution is -0.115. The highest BCUT2D eigenvalue weighted by Gasteiger charge is 2.20. The molecule has 2 amide bonds. The zero-order valence-corrected chi connectivity index (χ0v) is 21.7. The van der Waals surface area contributed by atoms with Crippen molar-refractivity contribution in [2.45, 2.75) is 37.3 Å². The van der Waals surface area contributed by atoms with E-state index in [1.54, 1.807) is 36.4 Å². The van der Waals surface area contributed by atoms with Crippen LogP contribution in [0, 0.1) is 13.8 Å². The van der Waals surface area contributed by atoms with Gasteiger partial charge in [-0.3, -0.25) is 9.59 Å². The number of rotatable bonds is 8. The van der Waals surface area contributed by atoms with Crippen LogP contribution in [0.25, 0.3) is 10.8 Å². The summed E-state index contributed by atoms with van der Waals surface area (Å²) in [6.45, 7) is 5.96. The van der Waals surface area contributed by atoms with E-state index in [0.29, 0.717) is 22.9 Å². The molecule has 37 heavy (non-hydrogen) atoms. The number of hydrogen-bond donors (Lipinski definition) is 3. The van der Waals surface area contributed by atoms with E-state index < -0.39 is 11.9 Å². The van der Waals surface area contributed by atoms with Crippen LogP contribution in [0.15, 0.2) is 83.8 Å². The fourth-order valence-corrected chi connectivity index (χ4v) is 5.15. The van der Waals surface area contributed by atoms with Gasteiger partial charge in [0.2, 0.25) is 5.91 Å². The van der Waals surface area contributed by atoms with Crippen LogP contribution < -0.4 is 10.6 Å². The molecule has 0 radical (unpaired) electrons. The van der Waals surface area contributed by atoms with Gasteiger partial charge in [0.15, 0.2) is 0 Å². The predicted octanol–water partition coefficient (Wildman–Crippen LogP) is 6.92. The Balaban J connectivity index is 1.52. The van der Waals surface area contributed by atoms with Gasteiger partial charge in [0.25, 0.3) is 5.91 Å². The van der Waals surface area contributed by atoms with Gasteiger partial charge in [-0.25, -0.2) is 4.79 Å². The summed E-state index contributed by atoms with van der Waals surface area (Å²) in [4.78, 5) is 38.8. The van der Waals surface area contributed by atoms with Gasteiger partial charge in [-0.2, -0.15) is 0 Å². The zero-order valence-electron chi connectivity index (χ0n) is 20.9. The smallest absolute Gasteiger partial charge is 0.336 e. The van der Waals surface area contributed by atoms with Crippen molar-refractivity contribution in [3.05, 3.63) is 101 Å². The minimum atomic E-state index is -1.09. The Labute approximate surface area is 220 Å². The first-order chi connectivity index (χ1) is 17.8. The highest BCUT2D eigenvalue weighted by atomic mass is 32.2. The Kier molecular flexibility index (Phi) is 7.94. The molecule has 0 fully saturated rings. The summed E-state index contributed by atoms with van der Waals surface area (Å²) in [5.41, 5.74) is 3.88. The Bertz CT molecular complexity index is 1490. The average Bonchev–Trinajstić information content (AvgIpc) is 2.89. The first-order valence-corrected chi connectivity index (χ1v) is 12.9. The molecule has 1 unspecified atom stereocenters. The second-order valence-corrected chi connectivity index (χ2v) is 10.0. The number of carbonyl (C=O) groups is 3. The summed E-state index contributed by atoms with van der Waals surface area (Å²) < 4.78 is 0. The lowest BCUT2D eigenvalue weighted by atomic mass is 9.98. The lowest BCUT2D eigenvalue weighted by Crippen LogP contribution is -2.25. The minimum Gasteiger partial charge on any atom is -0.478 e. The van der Waals surface area contributed by atoms with Gasteiger partial charge in [0, 0.05) is 27.2 Å². The van der Waals surface area contributed by atoms with E-state index in [1.807, 2.05) is 57.2 Å². The fourth-order valence-electron chi connectivity index (χ4n) is 4.14. The number of fused-ring (bicyclic) bond motifs is 1. The second-order valence-electron chi connectivity index (χ2n) is 8.75. The number of carbonyl (C=O) groups excluding carboxylic acids is 2. The van der Waals surface area contributed by atoms with Crippen LogP contribution in [-0.4, -0.2) is 28.1 Å². The summed E-state index contributed by atoms with van der Waals surface area (Å²) in [6.07, 6.45) is 0.631. The zero-order chi connectivity index (χ0) is 26.5. The van der Waals surface area contributed by atoms with Crippen molar-refractivity contribution in [2.75, 3.05) is 10.6 Å². The van der Waals surface area contributed by atoms with Crippen molar-refractivity contribution >= 4 is 51.7 Å². The molecular weight excluding hydrogens is 484 g/mol. The number of hydrogen-bond acceptors (Lipinski definition) is 4. The van der Waals surface area contributed by atoms with Gasteiger partial charge in [0.1, 0.15) is 0 Å². The van der Waals surface area contributed by atoms with E-state index >= 15 is 0 Å². The molecule has 0 spiro atoms. The Hall–Kier alpha value is -4.10. The Morgan fingerprint density at radius 3 is 2.24 bits per heavy atom. The van der Waals surface area contributed by atoms with Crippen molar-refractivity contribution in [1.29, 1.82) is 0 Å². The molecule has 0 bridgehead atoms. The second kappa shape index (κ2) is 11.3. The molecule has 0 heterocycles. The molecule has 0 aliphatic carbocycles. The van der Waals surface area contributed by atoms with E-state index in [0.717, 1.165) is 21.7 Å². The van der Waals surface area contributed by atoms with E-state index in [2.05, 4.69) is 10.6 Å². The molecule has 4 aromatic rings. The summed E-state index contributed by atoms with van der Waals surface area (Å²) in [5.74, 6) is -1.57. The van der Waals surface area contributed by atoms with E-state index in [1.165, 1.54) is 17.8 Å². The number of carboxylic acids is 1. The molecule has 188 valence electrons. The Morgan fingerprint density at radius 1 is 0.865 bits per heavy atom. The van der Waals surface area contributed by atoms with Crippen LogP contribution in [0.4, 0.5) is 11.4 Å². The number of carboxylic acid groups (broad SMARTS) is 1. The molecule has 4 aromatic carbocycles. The van der Waals surface area contributed by atoms with Gasteiger partial charge in [-0.05, 0) is 73.2 Å². The fraction of sp³-hybridized carbons (Fsp3) is 0.167. The van der Waals surface area contributed by atoms with Crippen molar-refractivity contribution in [3.63, 3.8) is 0 Å². The third-order valence-corrected chi connectivity index (χ3v) is 7.63. The number of benzene rings is 4. The number of amides is 2. The maximum absolute atomic E-state index is 13.2. The molecular formula is C30H28N2O4S. The first-order valence-electron chi connectivity index (χ1n) is 12.0. The van der Waals surface area contributed by atoms with Crippen LogP contribution in [0.5, 0.6) is 0 Å². The lowest BCUT2D eigenvalue weighted by Gasteiger charge is -2.17. The topological polar surface area (TPSA) is 95.5 Å². The summed E-state index contributed by atoms with van der Waals surface area (Å²) >= 11 is 1.43. The van der Waals surface area contributed by atoms with Gasteiger partial charge >= 0.3 is 5.97 Å². The van der Waals surface area contributed by atoms with Crippen LogP contribution in [0.1, 0.15) is 45.2 Å². The minimum absolute atomic E-state index is 0.0763. The van der Waals surface area contributed by atoms with E-state index in [9.17, 15) is 19.5 Å². The third kappa shape index (κ3) is 5.84. The molecule has 0 saturated heterocycles. The number of anilines is 2. The molecule has 0 aliphatic rings. The van der Waals surface area contributed by atoms with Gasteiger partial charge < -0.3 is 15.7 Å². The van der Waals surface area contributed by atoms with Gasteiger partial charge in [0.05, 0.1) is 10.8 Å². The van der Waals surface area contributed by atoms with Gasteiger partial charge in [-0.15, -0.1) is 11.8 Å². The molecule has 1 atom stereocenters. The number of aromatic carboxylic acids is 1. The Morgan fingerprint density at radius 2 is 1.54 bits per heavy atom. The monoisotopic (exact) mass is 512 g/mol. The molecule has 7 heteroatoms. The molecule has 6 nitrogen and oxygen atoms in total. The van der Waals surface area contributed by atoms with Crippen LogP contribution in [-0.2, 0) is 4.79 Å². The molecule has 0 saturated carbocycles. The first kappa shape index (κ1) is 26.0. The summed E-state index contributed by atoms with van der Waals surface area (Å²) in [6, 6.07) is 23.2. The van der Waals surface area contributed by atoms with Crippen molar-refractivity contribution in [1.82, 2.24) is 0 Å². The maximum Gasteiger partial charge on any atom is 0.336 e.